The van der Waals surface area contributed by atoms with Crippen molar-refractivity contribution in [2.75, 3.05) is 6.54 Å². The Morgan fingerprint density at radius 3 is 2.78 bits per heavy atom. The van der Waals surface area contributed by atoms with E-state index in [0.29, 0.717) is 24.1 Å². The Morgan fingerprint density at radius 2 is 2.28 bits per heavy atom. The second kappa shape index (κ2) is 6.88. The molecule has 0 bridgehead atoms. The molecule has 18 heavy (non-hydrogen) atoms. The molecule has 1 aromatic rings. The third-order valence-corrected chi connectivity index (χ3v) is 2.56. The zero-order valence-electron chi connectivity index (χ0n) is 11.2. The summed E-state index contributed by atoms with van der Waals surface area (Å²) in [5.41, 5.74) is 0. The van der Waals surface area contributed by atoms with Gasteiger partial charge in [0.05, 0.1) is 6.42 Å². The van der Waals surface area contributed by atoms with Gasteiger partial charge in [-0.3, -0.25) is 14.9 Å². The topological polar surface area (TPSA) is 83.0 Å². The second-order valence-electron chi connectivity index (χ2n) is 4.71. The van der Waals surface area contributed by atoms with Crippen molar-refractivity contribution in [2.24, 2.45) is 10.9 Å². The smallest absolute Gasteiger partial charge is 0.222 e. The molecule has 0 saturated heterocycles. The molecule has 0 unspecified atom stereocenters. The lowest BCUT2D eigenvalue weighted by molar-refractivity contribution is -0.121. The van der Waals surface area contributed by atoms with Crippen LogP contribution in [0.1, 0.15) is 44.4 Å². The predicted octanol–water partition coefficient (Wildman–Crippen LogP) is 1.41. The number of nitrogens with one attached hydrogen (secondary N) is 2. The van der Waals surface area contributed by atoms with Gasteiger partial charge in [0.1, 0.15) is 11.9 Å². The van der Waals surface area contributed by atoms with Gasteiger partial charge >= 0.3 is 0 Å². The maximum Gasteiger partial charge on any atom is 0.222 e. The number of rotatable bonds is 7. The molecule has 1 atom stereocenters. The van der Waals surface area contributed by atoms with Crippen LogP contribution >= 0.6 is 0 Å². The fraction of sp³-hybridized carbons (Fsp3) is 0.667. The first-order valence-corrected chi connectivity index (χ1v) is 6.14. The van der Waals surface area contributed by atoms with E-state index >= 15 is 0 Å². The number of aromatic nitrogens is 3. The summed E-state index contributed by atoms with van der Waals surface area (Å²) in [4.78, 5) is 19.8. The SMILES string of the molecule is C=N[C@@H](CC(=O)NCCC(C)C)c1n[nH]c(C)n1. The fourth-order valence-corrected chi connectivity index (χ4v) is 1.49. The summed E-state index contributed by atoms with van der Waals surface area (Å²) < 4.78 is 0. The number of aryl methyl sites for hydroxylation is 1. The minimum Gasteiger partial charge on any atom is -0.356 e. The second-order valence-corrected chi connectivity index (χ2v) is 4.71. The van der Waals surface area contributed by atoms with Gasteiger partial charge in [-0.25, -0.2) is 4.98 Å². The number of carbonyl (C=O) groups excluding carboxylic acids is 1. The van der Waals surface area contributed by atoms with E-state index in [2.05, 4.69) is 46.1 Å². The molecule has 6 nitrogen and oxygen atoms in total. The molecule has 0 radical (unpaired) electrons. The van der Waals surface area contributed by atoms with E-state index < -0.39 is 0 Å². The summed E-state index contributed by atoms with van der Waals surface area (Å²) in [5, 5.41) is 9.60. The van der Waals surface area contributed by atoms with Crippen LogP contribution in [0.2, 0.25) is 0 Å². The van der Waals surface area contributed by atoms with Crippen LogP contribution in [-0.4, -0.2) is 34.4 Å². The van der Waals surface area contributed by atoms with E-state index in [1.54, 1.807) is 6.92 Å². The summed E-state index contributed by atoms with van der Waals surface area (Å²) >= 11 is 0. The number of carbonyl (C=O) groups is 1. The highest BCUT2D eigenvalue weighted by Gasteiger charge is 2.17. The lowest BCUT2D eigenvalue weighted by atomic mass is 10.1. The largest absolute Gasteiger partial charge is 0.356 e. The Kier molecular flexibility index (Phi) is 5.48. The molecule has 0 aliphatic carbocycles. The monoisotopic (exact) mass is 251 g/mol. The van der Waals surface area contributed by atoms with Gasteiger partial charge in [-0.2, -0.15) is 5.10 Å². The molecule has 0 saturated carbocycles. The number of hydrogen-bond donors (Lipinski definition) is 2. The molecule has 0 aliphatic heterocycles. The molecule has 100 valence electrons. The zero-order valence-corrected chi connectivity index (χ0v) is 11.2. The first-order valence-electron chi connectivity index (χ1n) is 6.14. The van der Waals surface area contributed by atoms with Gasteiger partial charge in [0.15, 0.2) is 5.82 Å². The van der Waals surface area contributed by atoms with Crippen LogP contribution in [0.5, 0.6) is 0 Å². The van der Waals surface area contributed by atoms with Crippen molar-refractivity contribution in [2.45, 2.75) is 39.7 Å². The van der Waals surface area contributed by atoms with Crippen molar-refractivity contribution in [3.8, 4) is 0 Å². The third kappa shape index (κ3) is 4.65. The summed E-state index contributed by atoms with van der Waals surface area (Å²) in [6.07, 6.45) is 1.20. The normalized spacial score (nSPS) is 12.4. The summed E-state index contributed by atoms with van der Waals surface area (Å²) in [6, 6.07) is -0.381. The number of nitrogens with zero attached hydrogens (tertiary/aromatic N) is 3. The van der Waals surface area contributed by atoms with Gasteiger partial charge in [0.2, 0.25) is 5.91 Å². The minimum atomic E-state index is -0.381. The first-order chi connectivity index (χ1) is 8.52. The molecule has 6 heteroatoms. The fourth-order valence-electron chi connectivity index (χ4n) is 1.49. The molecular formula is C12H21N5O. The molecule has 1 amide bonds. The molecule has 0 spiro atoms. The third-order valence-electron chi connectivity index (χ3n) is 2.56. The van der Waals surface area contributed by atoms with Gasteiger partial charge in [0.25, 0.3) is 0 Å². The molecular weight excluding hydrogens is 230 g/mol. The highest BCUT2D eigenvalue weighted by molar-refractivity contribution is 5.76. The maximum atomic E-state index is 11.7. The van der Waals surface area contributed by atoms with Crippen molar-refractivity contribution in [3.05, 3.63) is 11.6 Å². The Bertz CT molecular complexity index is 399. The van der Waals surface area contributed by atoms with E-state index in [4.69, 9.17) is 0 Å². The Hall–Kier alpha value is -1.72. The van der Waals surface area contributed by atoms with Crippen LogP contribution in [0.3, 0.4) is 0 Å². The molecule has 0 aromatic carbocycles. The van der Waals surface area contributed by atoms with Crippen molar-refractivity contribution in [1.82, 2.24) is 20.5 Å². The van der Waals surface area contributed by atoms with E-state index in [9.17, 15) is 4.79 Å². The highest BCUT2D eigenvalue weighted by Crippen LogP contribution is 2.16. The standard InChI is InChI=1S/C12H21N5O/c1-8(2)5-6-14-11(18)7-10(13-4)12-15-9(3)16-17-12/h8,10H,4-7H2,1-3H3,(H,14,18)(H,15,16,17)/t10-/m0/s1. The molecule has 2 N–H and O–H groups in total. The number of amides is 1. The van der Waals surface area contributed by atoms with Crippen LogP contribution in [0, 0.1) is 12.8 Å². The van der Waals surface area contributed by atoms with E-state index in [0.717, 1.165) is 6.42 Å². The van der Waals surface area contributed by atoms with Gasteiger partial charge in [-0.05, 0) is 26.0 Å². The Labute approximate surface area is 107 Å². The lowest BCUT2D eigenvalue weighted by Gasteiger charge is -2.10. The van der Waals surface area contributed by atoms with Crippen molar-refractivity contribution >= 4 is 12.6 Å². The summed E-state index contributed by atoms with van der Waals surface area (Å²) in [7, 11) is 0. The molecule has 1 rings (SSSR count). The lowest BCUT2D eigenvalue weighted by Crippen LogP contribution is -2.26. The van der Waals surface area contributed by atoms with Crippen LogP contribution in [0.4, 0.5) is 0 Å². The van der Waals surface area contributed by atoms with E-state index in [1.807, 2.05) is 0 Å². The predicted molar refractivity (Wildman–Crippen MR) is 70.5 cm³/mol. The average molecular weight is 251 g/mol. The highest BCUT2D eigenvalue weighted by atomic mass is 16.1. The van der Waals surface area contributed by atoms with Crippen molar-refractivity contribution in [1.29, 1.82) is 0 Å². The van der Waals surface area contributed by atoms with Crippen LogP contribution in [0.15, 0.2) is 4.99 Å². The van der Waals surface area contributed by atoms with Crippen LogP contribution < -0.4 is 5.32 Å². The molecule has 0 fully saturated rings. The quantitative estimate of drug-likeness (QED) is 0.719. The van der Waals surface area contributed by atoms with E-state index in [-0.39, 0.29) is 18.4 Å². The minimum absolute atomic E-state index is 0.0458. The maximum absolute atomic E-state index is 11.7. The summed E-state index contributed by atoms with van der Waals surface area (Å²) in [5.74, 6) is 1.75. The molecule has 0 aliphatic rings. The number of aromatic amines is 1. The zero-order chi connectivity index (χ0) is 13.5. The van der Waals surface area contributed by atoms with Gasteiger partial charge in [0, 0.05) is 6.54 Å². The van der Waals surface area contributed by atoms with Gasteiger partial charge in [-0.15, -0.1) is 0 Å². The number of aliphatic imine (C=N–C) groups is 1. The molecule has 1 aromatic heterocycles. The van der Waals surface area contributed by atoms with Crippen LogP contribution in [0.25, 0.3) is 0 Å². The van der Waals surface area contributed by atoms with Gasteiger partial charge in [-0.1, -0.05) is 13.8 Å². The summed E-state index contributed by atoms with van der Waals surface area (Å²) in [6.45, 7) is 10.2. The van der Waals surface area contributed by atoms with Crippen LogP contribution in [-0.2, 0) is 4.79 Å². The average Bonchev–Trinajstić information content (AvgIpc) is 2.72. The van der Waals surface area contributed by atoms with Gasteiger partial charge < -0.3 is 5.32 Å². The number of hydrogen-bond acceptors (Lipinski definition) is 4. The van der Waals surface area contributed by atoms with Crippen molar-refractivity contribution in [3.63, 3.8) is 0 Å². The van der Waals surface area contributed by atoms with Crippen molar-refractivity contribution < 1.29 is 4.79 Å². The number of H-pyrrole nitrogens is 1. The van der Waals surface area contributed by atoms with E-state index in [1.165, 1.54) is 0 Å². The Balaban J connectivity index is 2.43. The Morgan fingerprint density at radius 1 is 1.56 bits per heavy atom. The molecule has 1 heterocycles. The first kappa shape index (κ1) is 14.3.